The highest BCUT2D eigenvalue weighted by atomic mass is 35.5. The number of aryl methyl sites for hydroxylation is 1. The Labute approximate surface area is 191 Å². The van der Waals surface area contributed by atoms with Gasteiger partial charge in [-0.3, -0.25) is 9.89 Å². The summed E-state index contributed by atoms with van der Waals surface area (Å²) < 4.78 is 0. The second-order valence-electron chi connectivity index (χ2n) is 7.24. The fourth-order valence-electron chi connectivity index (χ4n) is 3.81. The van der Waals surface area contributed by atoms with Crippen LogP contribution in [0.3, 0.4) is 0 Å². The first-order valence-electron chi connectivity index (χ1n) is 10.2. The van der Waals surface area contributed by atoms with Crippen LogP contribution < -0.4 is 10.3 Å². The lowest BCUT2D eigenvalue weighted by molar-refractivity contribution is 0.0949. The molecule has 4 rings (SSSR count). The number of rotatable bonds is 8. The third-order valence-electron chi connectivity index (χ3n) is 5.36. The molecule has 1 amide bonds. The van der Waals surface area contributed by atoms with E-state index in [-0.39, 0.29) is 5.91 Å². The molecule has 6 nitrogen and oxygen atoms in total. The Kier molecular flexibility index (Phi) is 6.89. The Hall–Kier alpha value is -2.83. The van der Waals surface area contributed by atoms with Gasteiger partial charge in [0.2, 0.25) is 0 Å². The Bertz CT molecular complexity index is 1070. The highest BCUT2D eigenvalue weighted by molar-refractivity contribution is 6.18. The molecule has 1 aliphatic carbocycles. The lowest BCUT2D eigenvalue weighted by Gasteiger charge is -2.22. The van der Waals surface area contributed by atoms with Gasteiger partial charge in [-0.05, 0) is 36.1 Å². The van der Waals surface area contributed by atoms with Crippen LogP contribution in [0.4, 0.5) is 5.69 Å². The summed E-state index contributed by atoms with van der Waals surface area (Å²) >= 11 is 11.7. The number of fused-ring (bicyclic) bond motifs is 3. The average molecular weight is 456 g/mol. The molecule has 0 radical (unpaired) electrons. The van der Waals surface area contributed by atoms with Gasteiger partial charge in [0, 0.05) is 41.7 Å². The van der Waals surface area contributed by atoms with Gasteiger partial charge in [0.15, 0.2) is 0 Å². The molecule has 0 aliphatic heterocycles. The number of carbonyl (C=O) groups excluding carboxylic acids is 1. The maximum absolute atomic E-state index is 12.6. The molecular weight excluding hydrogens is 433 g/mol. The Balaban J connectivity index is 1.41. The minimum Gasteiger partial charge on any atom is -0.369 e. The highest BCUT2D eigenvalue weighted by Gasteiger charge is 2.24. The molecule has 3 aromatic rings. The smallest absolute Gasteiger partial charge is 0.289 e. The number of carbonyl (C=O) groups is 1. The van der Waals surface area contributed by atoms with Crippen molar-refractivity contribution in [1.82, 2.24) is 15.6 Å². The first-order valence-corrected chi connectivity index (χ1v) is 11.2. The number of halogens is 2. The van der Waals surface area contributed by atoms with E-state index in [4.69, 9.17) is 23.2 Å². The number of benzene rings is 2. The Morgan fingerprint density at radius 3 is 2.58 bits per heavy atom. The standard InChI is InChI=1S/C23H23Cl2N5O/c24-11-13-30(14-12-25)18-8-5-16(6-9-18)15-26-29-23(31)22-20-10-7-17-3-1-2-4-19(17)21(20)27-28-22/h1-6,8-9,15H,7,10-14H2,(H,27,28)(H,29,31)/b26-15-. The summed E-state index contributed by atoms with van der Waals surface area (Å²) in [6.45, 7) is 1.47. The van der Waals surface area contributed by atoms with Gasteiger partial charge in [0.25, 0.3) is 5.91 Å². The van der Waals surface area contributed by atoms with Gasteiger partial charge in [0.1, 0.15) is 5.69 Å². The second kappa shape index (κ2) is 9.98. The maximum atomic E-state index is 12.6. The van der Waals surface area contributed by atoms with Crippen LogP contribution in [0.15, 0.2) is 53.6 Å². The van der Waals surface area contributed by atoms with Gasteiger partial charge in [-0.25, -0.2) is 5.43 Å². The normalized spacial score (nSPS) is 12.5. The summed E-state index contributed by atoms with van der Waals surface area (Å²) in [5.41, 5.74) is 9.12. The lowest BCUT2D eigenvalue weighted by Crippen LogP contribution is -2.27. The number of nitrogens with zero attached hydrogens (tertiary/aromatic N) is 3. The van der Waals surface area contributed by atoms with E-state index in [1.807, 2.05) is 42.5 Å². The van der Waals surface area contributed by atoms with Crippen LogP contribution in [0.25, 0.3) is 11.3 Å². The van der Waals surface area contributed by atoms with Crippen LogP contribution in [-0.2, 0) is 12.8 Å². The summed E-state index contributed by atoms with van der Waals surface area (Å²) in [6, 6.07) is 16.0. The molecule has 2 aromatic carbocycles. The van der Waals surface area contributed by atoms with E-state index in [0.717, 1.165) is 54.0 Å². The first kappa shape index (κ1) is 21.4. The number of anilines is 1. The molecule has 31 heavy (non-hydrogen) atoms. The molecule has 8 heteroatoms. The van der Waals surface area contributed by atoms with Gasteiger partial charge in [-0.2, -0.15) is 10.2 Å². The molecule has 1 heterocycles. The van der Waals surface area contributed by atoms with E-state index in [1.54, 1.807) is 6.21 Å². The Morgan fingerprint density at radius 1 is 1.10 bits per heavy atom. The number of H-pyrrole nitrogens is 1. The average Bonchev–Trinajstić information content (AvgIpc) is 3.24. The molecule has 0 fully saturated rings. The quantitative estimate of drug-likeness (QED) is 0.303. The SMILES string of the molecule is O=C(N/N=C\c1ccc(N(CCCl)CCCl)cc1)c1[nH]nc2c1CCc1ccccc1-2. The van der Waals surface area contributed by atoms with Crippen molar-refractivity contribution in [2.75, 3.05) is 29.7 Å². The van der Waals surface area contributed by atoms with Crippen molar-refractivity contribution in [3.8, 4) is 11.3 Å². The molecule has 1 aliphatic rings. The molecular formula is C23H23Cl2N5O. The fourth-order valence-corrected chi connectivity index (χ4v) is 4.22. The van der Waals surface area contributed by atoms with Crippen molar-refractivity contribution in [1.29, 1.82) is 0 Å². The number of nitrogens with one attached hydrogen (secondary N) is 2. The zero-order valence-corrected chi connectivity index (χ0v) is 18.5. The number of alkyl halides is 2. The topological polar surface area (TPSA) is 73.4 Å². The van der Waals surface area contributed by atoms with E-state index < -0.39 is 0 Å². The van der Waals surface area contributed by atoms with Crippen molar-refractivity contribution in [2.24, 2.45) is 5.10 Å². The predicted molar refractivity (Wildman–Crippen MR) is 127 cm³/mol. The molecule has 0 saturated carbocycles. The van der Waals surface area contributed by atoms with E-state index in [0.29, 0.717) is 17.5 Å². The van der Waals surface area contributed by atoms with Crippen molar-refractivity contribution in [3.05, 3.63) is 70.9 Å². The van der Waals surface area contributed by atoms with Crippen molar-refractivity contribution in [2.45, 2.75) is 12.8 Å². The minimum absolute atomic E-state index is 0.295. The van der Waals surface area contributed by atoms with Crippen LogP contribution in [0.2, 0.25) is 0 Å². The van der Waals surface area contributed by atoms with Crippen LogP contribution in [0, 0.1) is 0 Å². The zero-order valence-electron chi connectivity index (χ0n) is 16.9. The molecule has 160 valence electrons. The van der Waals surface area contributed by atoms with Crippen molar-refractivity contribution >= 4 is 41.0 Å². The number of amides is 1. The molecule has 1 aromatic heterocycles. The van der Waals surface area contributed by atoms with E-state index in [1.165, 1.54) is 5.56 Å². The largest absolute Gasteiger partial charge is 0.369 e. The van der Waals surface area contributed by atoms with Crippen molar-refractivity contribution < 1.29 is 4.79 Å². The van der Waals surface area contributed by atoms with E-state index in [9.17, 15) is 4.79 Å². The van der Waals surface area contributed by atoms with E-state index in [2.05, 4.69) is 31.7 Å². The summed E-state index contributed by atoms with van der Waals surface area (Å²) in [6.07, 6.45) is 3.29. The van der Waals surface area contributed by atoms with Crippen LogP contribution >= 0.6 is 23.2 Å². The maximum Gasteiger partial charge on any atom is 0.289 e. The number of aromatic amines is 1. The molecule has 2 N–H and O–H groups in total. The monoisotopic (exact) mass is 455 g/mol. The zero-order chi connectivity index (χ0) is 21.6. The van der Waals surface area contributed by atoms with Crippen molar-refractivity contribution in [3.63, 3.8) is 0 Å². The second-order valence-corrected chi connectivity index (χ2v) is 7.99. The highest BCUT2D eigenvalue weighted by Crippen LogP contribution is 2.33. The third kappa shape index (κ3) is 4.75. The van der Waals surface area contributed by atoms with Crippen LogP contribution in [-0.4, -0.2) is 47.2 Å². The van der Waals surface area contributed by atoms with Gasteiger partial charge >= 0.3 is 0 Å². The first-order chi connectivity index (χ1) is 15.2. The molecule has 0 saturated heterocycles. The number of hydrazone groups is 1. The molecule has 0 atom stereocenters. The summed E-state index contributed by atoms with van der Waals surface area (Å²) in [7, 11) is 0. The Morgan fingerprint density at radius 2 is 1.84 bits per heavy atom. The van der Waals surface area contributed by atoms with Crippen LogP contribution in [0.1, 0.15) is 27.2 Å². The number of hydrogen-bond donors (Lipinski definition) is 2. The summed E-state index contributed by atoms with van der Waals surface area (Å²) in [5, 5.41) is 11.4. The number of aromatic nitrogens is 2. The van der Waals surface area contributed by atoms with Gasteiger partial charge in [-0.1, -0.05) is 36.4 Å². The third-order valence-corrected chi connectivity index (χ3v) is 5.70. The predicted octanol–water partition coefficient (Wildman–Crippen LogP) is 4.22. The fraction of sp³-hybridized carbons (Fsp3) is 0.261. The molecule has 0 bridgehead atoms. The van der Waals surface area contributed by atoms with Crippen LogP contribution in [0.5, 0.6) is 0 Å². The lowest BCUT2D eigenvalue weighted by atomic mass is 9.89. The van der Waals surface area contributed by atoms with Gasteiger partial charge in [-0.15, -0.1) is 23.2 Å². The van der Waals surface area contributed by atoms with Gasteiger partial charge < -0.3 is 4.90 Å². The minimum atomic E-state index is -0.295. The summed E-state index contributed by atoms with van der Waals surface area (Å²) in [4.78, 5) is 14.8. The summed E-state index contributed by atoms with van der Waals surface area (Å²) in [5.74, 6) is 0.778. The van der Waals surface area contributed by atoms with Gasteiger partial charge in [0.05, 0.1) is 11.9 Å². The molecule has 0 spiro atoms. The molecule has 0 unspecified atom stereocenters. The van der Waals surface area contributed by atoms with E-state index >= 15 is 0 Å². The number of hydrogen-bond acceptors (Lipinski definition) is 4.